The van der Waals surface area contributed by atoms with E-state index < -0.39 is 0 Å². The van der Waals surface area contributed by atoms with Crippen LogP contribution >= 0.6 is 12.4 Å². The summed E-state index contributed by atoms with van der Waals surface area (Å²) in [5, 5.41) is 6.08. The lowest BCUT2D eigenvalue weighted by Crippen LogP contribution is -2.19. The van der Waals surface area contributed by atoms with E-state index in [1.54, 1.807) is 0 Å². The van der Waals surface area contributed by atoms with Gasteiger partial charge in [-0.15, -0.1) is 12.4 Å². The number of nitrogens with one attached hydrogen (secondary N) is 2. The second kappa shape index (κ2) is 8.31. The van der Waals surface area contributed by atoms with Gasteiger partial charge in [0.15, 0.2) is 0 Å². The molecule has 0 unspecified atom stereocenters. The molecule has 1 aromatic heterocycles. The van der Waals surface area contributed by atoms with E-state index >= 15 is 0 Å². The van der Waals surface area contributed by atoms with Gasteiger partial charge in [0, 0.05) is 12.5 Å². The number of hydrogen-bond donors (Lipinski definition) is 2. The van der Waals surface area contributed by atoms with Crippen molar-refractivity contribution in [2.45, 2.75) is 44.6 Å². The molecule has 6 heteroatoms. The van der Waals surface area contributed by atoms with Crippen LogP contribution in [0.15, 0.2) is 24.3 Å². The number of carbonyl (C=O) groups excluding carboxylic acids is 1. The van der Waals surface area contributed by atoms with E-state index in [2.05, 4.69) is 26.3 Å². The molecule has 3 rings (SSSR count). The van der Waals surface area contributed by atoms with Crippen molar-refractivity contribution in [1.82, 2.24) is 14.9 Å². The van der Waals surface area contributed by atoms with Crippen LogP contribution in [0.3, 0.4) is 0 Å². The number of anilines is 1. The number of carbonyl (C=O) groups is 1. The highest BCUT2D eigenvalue weighted by Gasteiger charge is 2.23. The van der Waals surface area contributed by atoms with Crippen molar-refractivity contribution in [1.29, 1.82) is 0 Å². The summed E-state index contributed by atoms with van der Waals surface area (Å²) in [5.41, 5.74) is 2.08. The number of aromatic nitrogens is 2. The van der Waals surface area contributed by atoms with Crippen LogP contribution in [0.25, 0.3) is 11.0 Å². The van der Waals surface area contributed by atoms with E-state index in [-0.39, 0.29) is 18.3 Å². The third-order valence-corrected chi connectivity index (χ3v) is 4.37. The SMILES string of the molecule is CNCCCC(=O)Nc1nc2ccccc2n1C1CCCC1.Cl. The van der Waals surface area contributed by atoms with Gasteiger partial charge in [0.2, 0.25) is 11.9 Å². The Morgan fingerprint density at radius 3 is 2.78 bits per heavy atom. The van der Waals surface area contributed by atoms with Crippen molar-refractivity contribution in [2.75, 3.05) is 18.9 Å². The standard InChI is InChI=1S/C17H24N4O.ClH/c1-18-12-6-11-16(22)20-17-19-14-9-4-5-10-15(14)21(17)13-7-2-3-8-13;/h4-5,9-10,13,18H,2-3,6-8,11-12H2,1H3,(H,19,20,22);1H. The Hall–Kier alpha value is -1.59. The monoisotopic (exact) mass is 336 g/mol. The Bertz CT molecular complexity index is 649. The highest BCUT2D eigenvalue weighted by molar-refractivity contribution is 5.91. The summed E-state index contributed by atoms with van der Waals surface area (Å²) in [7, 11) is 1.90. The average Bonchev–Trinajstić information content (AvgIpc) is 3.13. The normalized spacial score (nSPS) is 14.8. The van der Waals surface area contributed by atoms with Crippen LogP contribution in [-0.4, -0.2) is 29.1 Å². The Balaban J connectivity index is 0.00000192. The molecule has 2 N–H and O–H groups in total. The molecule has 0 spiro atoms. The van der Waals surface area contributed by atoms with Crippen molar-refractivity contribution in [3.63, 3.8) is 0 Å². The molecule has 0 saturated heterocycles. The van der Waals surface area contributed by atoms with E-state index in [9.17, 15) is 4.79 Å². The Morgan fingerprint density at radius 2 is 2.04 bits per heavy atom. The molecule has 1 fully saturated rings. The minimum absolute atomic E-state index is 0. The molecule has 0 atom stereocenters. The van der Waals surface area contributed by atoms with Crippen molar-refractivity contribution < 1.29 is 4.79 Å². The maximum Gasteiger partial charge on any atom is 0.226 e. The molecule has 1 heterocycles. The molecule has 1 aliphatic rings. The largest absolute Gasteiger partial charge is 0.320 e. The van der Waals surface area contributed by atoms with Crippen LogP contribution in [0.1, 0.15) is 44.6 Å². The van der Waals surface area contributed by atoms with Gasteiger partial charge >= 0.3 is 0 Å². The van der Waals surface area contributed by atoms with Crippen molar-refractivity contribution in [3.8, 4) is 0 Å². The topological polar surface area (TPSA) is 59.0 Å². The van der Waals surface area contributed by atoms with Crippen LogP contribution in [0.5, 0.6) is 0 Å². The van der Waals surface area contributed by atoms with Crippen LogP contribution in [-0.2, 0) is 4.79 Å². The number of amides is 1. The van der Waals surface area contributed by atoms with Crippen molar-refractivity contribution in [3.05, 3.63) is 24.3 Å². The molecule has 0 bridgehead atoms. The minimum atomic E-state index is 0. The predicted octanol–water partition coefficient (Wildman–Crippen LogP) is 3.51. The fourth-order valence-corrected chi connectivity index (χ4v) is 3.28. The number of fused-ring (bicyclic) bond motifs is 1. The zero-order chi connectivity index (χ0) is 15.4. The van der Waals surface area contributed by atoms with Gasteiger partial charge in [0.25, 0.3) is 0 Å². The first-order valence-electron chi connectivity index (χ1n) is 8.21. The predicted molar refractivity (Wildman–Crippen MR) is 96.3 cm³/mol. The Labute approximate surface area is 143 Å². The fourth-order valence-electron chi connectivity index (χ4n) is 3.28. The number of para-hydroxylation sites is 2. The summed E-state index contributed by atoms with van der Waals surface area (Å²) in [6, 6.07) is 8.59. The lowest BCUT2D eigenvalue weighted by Gasteiger charge is -2.16. The average molecular weight is 337 g/mol. The summed E-state index contributed by atoms with van der Waals surface area (Å²) >= 11 is 0. The van der Waals surface area contributed by atoms with Gasteiger partial charge in [-0.3, -0.25) is 10.1 Å². The number of nitrogens with zero attached hydrogens (tertiary/aromatic N) is 2. The first-order chi connectivity index (χ1) is 10.8. The first kappa shape index (κ1) is 17.8. The van der Waals surface area contributed by atoms with Gasteiger partial charge in [0.1, 0.15) is 0 Å². The summed E-state index contributed by atoms with van der Waals surface area (Å²) in [4.78, 5) is 16.8. The molecule has 1 aromatic carbocycles. The summed E-state index contributed by atoms with van der Waals surface area (Å²) in [6.45, 7) is 0.854. The zero-order valence-electron chi connectivity index (χ0n) is 13.5. The number of hydrogen-bond acceptors (Lipinski definition) is 3. The molecule has 2 aromatic rings. The molecule has 1 aliphatic carbocycles. The fraction of sp³-hybridized carbons (Fsp3) is 0.529. The van der Waals surface area contributed by atoms with Crippen LogP contribution < -0.4 is 10.6 Å². The highest BCUT2D eigenvalue weighted by atomic mass is 35.5. The van der Waals surface area contributed by atoms with E-state index in [0.717, 1.165) is 24.0 Å². The van der Waals surface area contributed by atoms with Gasteiger partial charge in [0.05, 0.1) is 11.0 Å². The van der Waals surface area contributed by atoms with Crippen LogP contribution in [0.4, 0.5) is 5.95 Å². The van der Waals surface area contributed by atoms with Crippen molar-refractivity contribution in [2.24, 2.45) is 0 Å². The molecular formula is C17H25ClN4O. The molecular weight excluding hydrogens is 312 g/mol. The van der Waals surface area contributed by atoms with E-state index in [1.165, 1.54) is 25.7 Å². The van der Waals surface area contributed by atoms with Gasteiger partial charge < -0.3 is 9.88 Å². The molecule has 0 radical (unpaired) electrons. The Kier molecular flexibility index (Phi) is 6.42. The zero-order valence-corrected chi connectivity index (χ0v) is 14.4. The summed E-state index contributed by atoms with van der Waals surface area (Å²) < 4.78 is 2.23. The number of benzene rings is 1. The van der Waals surface area contributed by atoms with Crippen LogP contribution in [0.2, 0.25) is 0 Å². The Morgan fingerprint density at radius 1 is 1.30 bits per heavy atom. The second-order valence-corrected chi connectivity index (χ2v) is 5.99. The molecule has 23 heavy (non-hydrogen) atoms. The van der Waals surface area contributed by atoms with Crippen molar-refractivity contribution >= 4 is 35.3 Å². The summed E-state index contributed by atoms with van der Waals surface area (Å²) in [5.74, 6) is 0.757. The maximum atomic E-state index is 12.1. The number of rotatable bonds is 6. The second-order valence-electron chi connectivity index (χ2n) is 5.99. The number of halogens is 1. The molecule has 5 nitrogen and oxygen atoms in total. The molecule has 1 amide bonds. The van der Waals surface area contributed by atoms with Gasteiger partial charge in [-0.05, 0) is 45.0 Å². The quantitative estimate of drug-likeness (QED) is 0.794. The van der Waals surface area contributed by atoms with E-state index in [0.29, 0.717) is 18.4 Å². The minimum Gasteiger partial charge on any atom is -0.320 e. The number of imidazole rings is 1. The smallest absolute Gasteiger partial charge is 0.226 e. The lowest BCUT2D eigenvalue weighted by molar-refractivity contribution is -0.116. The third kappa shape index (κ3) is 4.03. The van der Waals surface area contributed by atoms with E-state index in [1.807, 2.05) is 25.2 Å². The molecule has 126 valence electrons. The lowest BCUT2D eigenvalue weighted by atomic mass is 10.2. The van der Waals surface area contributed by atoms with Gasteiger partial charge in [-0.2, -0.15) is 0 Å². The van der Waals surface area contributed by atoms with Gasteiger partial charge in [-0.25, -0.2) is 4.98 Å². The third-order valence-electron chi connectivity index (χ3n) is 4.37. The van der Waals surface area contributed by atoms with Crippen LogP contribution in [0, 0.1) is 0 Å². The molecule has 1 saturated carbocycles. The van der Waals surface area contributed by atoms with Gasteiger partial charge in [-0.1, -0.05) is 25.0 Å². The highest BCUT2D eigenvalue weighted by Crippen LogP contribution is 2.35. The molecule has 0 aliphatic heterocycles. The van der Waals surface area contributed by atoms with E-state index in [4.69, 9.17) is 0 Å². The first-order valence-corrected chi connectivity index (χ1v) is 8.21. The maximum absolute atomic E-state index is 12.1. The summed E-state index contributed by atoms with van der Waals surface area (Å²) in [6.07, 6.45) is 6.21.